The van der Waals surface area contributed by atoms with Crippen LogP contribution in [0.25, 0.3) is 22.5 Å². The van der Waals surface area contributed by atoms with E-state index < -0.39 is 0 Å². The van der Waals surface area contributed by atoms with Gasteiger partial charge in [0, 0.05) is 11.1 Å². The van der Waals surface area contributed by atoms with E-state index in [1.807, 2.05) is 42.5 Å². The molecule has 3 aromatic rings. The monoisotopic (exact) mass is 264 g/mol. The summed E-state index contributed by atoms with van der Waals surface area (Å²) < 4.78 is 5.45. The molecule has 2 aromatic carbocycles. The van der Waals surface area contributed by atoms with Gasteiger partial charge in [0.1, 0.15) is 5.75 Å². The van der Waals surface area contributed by atoms with Crippen molar-refractivity contribution in [1.29, 1.82) is 0 Å². The number of methoxy groups -OCH3 is 1. The summed E-state index contributed by atoms with van der Waals surface area (Å²) in [5, 5.41) is 7.46. The summed E-state index contributed by atoms with van der Waals surface area (Å²) in [4.78, 5) is 0. The highest BCUT2D eigenvalue weighted by atomic mass is 16.5. The lowest BCUT2D eigenvalue weighted by molar-refractivity contribution is 0.416. The summed E-state index contributed by atoms with van der Waals surface area (Å²) in [5.74, 6) is 0.855. The zero-order chi connectivity index (χ0) is 13.9. The molecule has 0 saturated carbocycles. The molecule has 1 heterocycles. The second-order valence-corrected chi connectivity index (χ2v) is 4.74. The Morgan fingerprint density at radius 2 is 1.80 bits per heavy atom. The van der Waals surface area contributed by atoms with E-state index in [1.165, 1.54) is 5.56 Å². The van der Waals surface area contributed by atoms with Gasteiger partial charge in [0.2, 0.25) is 0 Å². The topological polar surface area (TPSA) is 37.9 Å². The molecule has 3 nitrogen and oxygen atoms in total. The number of H-pyrrole nitrogens is 1. The minimum absolute atomic E-state index is 0.855. The highest BCUT2D eigenvalue weighted by Crippen LogP contribution is 2.31. The van der Waals surface area contributed by atoms with Crippen LogP contribution in [0.4, 0.5) is 0 Å². The molecule has 1 N–H and O–H groups in total. The zero-order valence-corrected chi connectivity index (χ0v) is 11.6. The van der Waals surface area contributed by atoms with Crippen LogP contribution >= 0.6 is 0 Å². The van der Waals surface area contributed by atoms with E-state index in [-0.39, 0.29) is 0 Å². The SMILES string of the molecule is COc1cc(C)ccc1-c1cc(-c2ccccc2)n[nH]1. The Balaban J connectivity index is 2.02. The molecule has 100 valence electrons. The van der Waals surface area contributed by atoms with Crippen molar-refractivity contribution in [1.82, 2.24) is 10.2 Å². The van der Waals surface area contributed by atoms with Gasteiger partial charge in [0.05, 0.1) is 18.5 Å². The van der Waals surface area contributed by atoms with Gasteiger partial charge in [0.15, 0.2) is 0 Å². The fourth-order valence-electron chi connectivity index (χ4n) is 2.24. The lowest BCUT2D eigenvalue weighted by atomic mass is 10.1. The Morgan fingerprint density at radius 1 is 1.00 bits per heavy atom. The summed E-state index contributed by atoms with van der Waals surface area (Å²) in [6, 6.07) is 18.3. The summed E-state index contributed by atoms with van der Waals surface area (Å²) in [6.45, 7) is 2.05. The average molecular weight is 264 g/mol. The Labute approximate surface area is 118 Å². The molecule has 0 bridgehead atoms. The molecule has 0 fully saturated rings. The molecule has 0 unspecified atom stereocenters. The van der Waals surface area contributed by atoms with Crippen LogP contribution in [0.15, 0.2) is 54.6 Å². The summed E-state index contributed by atoms with van der Waals surface area (Å²) >= 11 is 0. The van der Waals surface area contributed by atoms with E-state index in [1.54, 1.807) is 7.11 Å². The highest BCUT2D eigenvalue weighted by molar-refractivity contribution is 5.72. The van der Waals surface area contributed by atoms with Gasteiger partial charge in [-0.3, -0.25) is 5.10 Å². The first kappa shape index (κ1) is 12.5. The summed E-state index contributed by atoms with van der Waals surface area (Å²) in [7, 11) is 1.69. The van der Waals surface area contributed by atoms with Gasteiger partial charge in [-0.1, -0.05) is 36.4 Å². The number of benzene rings is 2. The average Bonchev–Trinajstić information content (AvgIpc) is 2.97. The highest BCUT2D eigenvalue weighted by Gasteiger charge is 2.10. The first-order chi connectivity index (χ1) is 9.78. The number of nitrogens with one attached hydrogen (secondary N) is 1. The van der Waals surface area contributed by atoms with Gasteiger partial charge in [0.25, 0.3) is 0 Å². The third kappa shape index (κ3) is 2.30. The largest absolute Gasteiger partial charge is 0.496 e. The minimum Gasteiger partial charge on any atom is -0.496 e. The molecule has 0 spiro atoms. The van der Waals surface area contributed by atoms with Gasteiger partial charge in [-0.25, -0.2) is 0 Å². The minimum atomic E-state index is 0.855. The van der Waals surface area contributed by atoms with E-state index >= 15 is 0 Å². The fraction of sp³-hybridized carbons (Fsp3) is 0.118. The Kier molecular flexibility index (Phi) is 3.25. The number of nitrogens with zero attached hydrogens (tertiary/aromatic N) is 1. The number of rotatable bonds is 3. The summed E-state index contributed by atoms with van der Waals surface area (Å²) in [5.41, 5.74) is 5.19. The van der Waals surface area contributed by atoms with Crippen molar-refractivity contribution >= 4 is 0 Å². The fourth-order valence-corrected chi connectivity index (χ4v) is 2.24. The molecule has 0 atom stereocenters. The number of ether oxygens (including phenoxy) is 1. The van der Waals surface area contributed by atoms with Crippen LogP contribution < -0.4 is 4.74 Å². The molecule has 3 rings (SSSR count). The molecule has 3 heteroatoms. The molecule has 1 aromatic heterocycles. The second kappa shape index (κ2) is 5.21. The Morgan fingerprint density at radius 3 is 2.55 bits per heavy atom. The molecular formula is C17H16N2O. The van der Waals surface area contributed by atoms with Crippen molar-refractivity contribution in [2.45, 2.75) is 6.92 Å². The molecular weight excluding hydrogens is 248 g/mol. The van der Waals surface area contributed by atoms with Crippen LogP contribution in [-0.4, -0.2) is 17.3 Å². The maximum atomic E-state index is 5.45. The van der Waals surface area contributed by atoms with E-state index in [4.69, 9.17) is 4.74 Å². The van der Waals surface area contributed by atoms with Gasteiger partial charge in [-0.2, -0.15) is 5.10 Å². The van der Waals surface area contributed by atoms with Crippen LogP contribution in [-0.2, 0) is 0 Å². The number of aromatic amines is 1. The first-order valence-electron chi connectivity index (χ1n) is 6.54. The normalized spacial score (nSPS) is 10.5. The number of hydrogen-bond acceptors (Lipinski definition) is 2. The van der Waals surface area contributed by atoms with Crippen LogP contribution in [0.3, 0.4) is 0 Å². The van der Waals surface area contributed by atoms with E-state index in [0.717, 1.165) is 28.3 Å². The quantitative estimate of drug-likeness (QED) is 0.774. The van der Waals surface area contributed by atoms with E-state index in [2.05, 4.69) is 29.3 Å². The predicted octanol–water partition coefficient (Wildman–Crippen LogP) is 4.06. The van der Waals surface area contributed by atoms with Gasteiger partial charge in [-0.05, 0) is 30.7 Å². The number of hydrogen-bond donors (Lipinski definition) is 1. The number of aryl methyl sites for hydroxylation is 1. The predicted molar refractivity (Wildman–Crippen MR) is 80.7 cm³/mol. The third-order valence-corrected chi connectivity index (χ3v) is 3.29. The van der Waals surface area contributed by atoms with Crippen LogP contribution in [0.5, 0.6) is 5.75 Å². The lowest BCUT2D eigenvalue weighted by Gasteiger charge is -2.07. The molecule has 0 aliphatic carbocycles. The van der Waals surface area contributed by atoms with Gasteiger partial charge < -0.3 is 4.74 Å². The van der Waals surface area contributed by atoms with Gasteiger partial charge >= 0.3 is 0 Å². The second-order valence-electron chi connectivity index (χ2n) is 4.74. The summed E-state index contributed by atoms with van der Waals surface area (Å²) in [6.07, 6.45) is 0. The number of aromatic nitrogens is 2. The van der Waals surface area contributed by atoms with Crippen molar-refractivity contribution in [2.75, 3.05) is 7.11 Å². The Hall–Kier alpha value is -2.55. The first-order valence-corrected chi connectivity index (χ1v) is 6.54. The molecule has 20 heavy (non-hydrogen) atoms. The van der Waals surface area contributed by atoms with E-state index in [0.29, 0.717) is 0 Å². The van der Waals surface area contributed by atoms with Crippen LogP contribution in [0.2, 0.25) is 0 Å². The molecule has 0 aliphatic rings. The molecule has 0 saturated heterocycles. The zero-order valence-electron chi connectivity index (χ0n) is 11.6. The van der Waals surface area contributed by atoms with E-state index in [9.17, 15) is 0 Å². The van der Waals surface area contributed by atoms with Gasteiger partial charge in [-0.15, -0.1) is 0 Å². The molecule has 0 radical (unpaired) electrons. The van der Waals surface area contributed by atoms with Crippen molar-refractivity contribution in [3.05, 3.63) is 60.2 Å². The van der Waals surface area contributed by atoms with Crippen LogP contribution in [0, 0.1) is 6.92 Å². The smallest absolute Gasteiger partial charge is 0.128 e. The standard InChI is InChI=1S/C17H16N2O/c1-12-8-9-14(17(10-12)20-2)16-11-15(18-19-16)13-6-4-3-5-7-13/h3-11H,1-2H3,(H,18,19). The lowest BCUT2D eigenvalue weighted by Crippen LogP contribution is -1.89. The Bertz CT molecular complexity index is 717. The van der Waals surface area contributed by atoms with Crippen molar-refractivity contribution in [2.24, 2.45) is 0 Å². The van der Waals surface area contributed by atoms with Crippen molar-refractivity contribution in [3.63, 3.8) is 0 Å². The molecule has 0 aliphatic heterocycles. The van der Waals surface area contributed by atoms with Crippen molar-refractivity contribution < 1.29 is 4.74 Å². The molecule has 0 amide bonds. The third-order valence-electron chi connectivity index (χ3n) is 3.29. The maximum Gasteiger partial charge on any atom is 0.128 e. The van der Waals surface area contributed by atoms with Crippen LogP contribution in [0.1, 0.15) is 5.56 Å². The maximum absolute atomic E-state index is 5.45. The van der Waals surface area contributed by atoms with Crippen molar-refractivity contribution in [3.8, 4) is 28.3 Å².